The van der Waals surface area contributed by atoms with Crippen molar-refractivity contribution >= 4 is 21.8 Å². The summed E-state index contributed by atoms with van der Waals surface area (Å²) in [5, 5.41) is 2.38. The second-order valence-electron chi connectivity index (χ2n) is 5.20. The van der Waals surface area contributed by atoms with Crippen molar-refractivity contribution in [2.75, 3.05) is 0 Å². The first-order valence-electron chi connectivity index (χ1n) is 7.12. The third-order valence-electron chi connectivity index (χ3n) is 3.82. The molecule has 0 unspecified atom stereocenters. The van der Waals surface area contributed by atoms with Crippen LogP contribution in [-0.4, -0.2) is 4.98 Å². The molecule has 4 aromatic rings. The summed E-state index contributed by atoms with van der Waals surface area (Å²) >= 11 is 0. The molecule has 21 heavy (non-hydrogen) atoms. The average Bonchev–Trinajstić information content (AvgIpc) is 2.56. The van der Waals surface area contributed by atoms with E-state index < -0.39 is 0 Å². The lowest BCUT2D eigenvalue weighted by atomic mass is 10.1. The van der Waals surface area contributed by atoms with Gasteiger partial charge >= 0.3 is 0 Å². The van der Waals surface area contributed by atoms with Crippen molar-refractivity contribution < 1.29 is 4.57 Å². The van der Waals surface area contributed by atoms with Crippen molar-refractivity contribution in [2.45, 2.75) is 6.54 Å². The van der Waals surface area contributed by atoms with Gasteiger partial charge in [0.05, 0.1) is 10.9 Å². The maximum absolute atomic E-state index is 4.54. The lowest BCUT2D eigenvalue weighted by molar-refractivity contribution is -0.662. The van der Waals surface area contributed by atoms with E-state index in [4.69, 9.17) is 0 Å². The number of hydrogen-bond acceptors (Lipinski definition) is 1. The number of fused-ring (bicyclic) bond motifs is 3. The first kappa shape index (κ1) is 12.0. The van der Waals surface area contributed by atoms with Crippen molar-refractivity contribution in [1.82, 2.24) is 4.98 Å². The summed E-state index contributed by atoms with van der Waals surface area (Å²) in [6.07, 6.45) is 3.99. The predicted molar refractivity (Wildman–Crippen MR) is 85.0 cm³/mol. The molecule has 0 fully saturated rings. The molecule has 0 aliphatic rings. The molecular formula is C19H15N2+. The summed E-state index contributed by atoms with van der Waals surface area (Å²) in [5.74, 6) is 0. The number of pyridine rings is 2. The quantitative estimate of drug-likeness (QED) is 0.401. The topological polar surface area (TPSA) is 16.8 Å². The van der Waals surface area contributed by atoms with Gasteiger partial charge in [-0.2, -0.15) is 4.57 Å². The molecule has 0 bridgehead atoms. The Kier molecular flexibility index (Phi) is 2.86. The van der Waals surface area contributed by atoms with Gasteiger partial charge in [-0.1, -0.05) is 36.4 Å². The van der Waals surface area contributed by atoms with Crippen LogP contribution in [0, 0.1) is 0 Å². The molecule has 0 amide bonds. The maximum atomic E-state index is 4.54. The zero-order chi connectivity index (χ0) is 14.1. The van der Waals surface area contributed by atoms with Gasteiger partial charge in [0.1, 0.15) is 0 Å². The van der Waals surface area contributed by atoms with Crippen LogP contribution in [0.2, 0.25) is 0 Å². The van der Waals surface area contributed by atoms with Gasteiger partial charge in [0, 0.05) is 29.3 Å². The van der Waals surface area contributed by atoms with E-state index in [1.54, 1.807) is 0 Å². The first-order chi connectivity index (χ1) is 10.4. The Labute approximate surface area is 123 Å². The van der Waals surface area contributed by atoms with Gasteiger partial charge in [-0.25, -0.2) is 0 Å². The number of rotatable bonds is 2. The third-order valence-corrected chi connectivity index (χ3v) is 3.82. The molecule has 2 heteroatoms. The highest BCUT2D eigenvalue weighted by molar-refractivity contribution is 6.02. The zero-order valence-electron chi connectivity index (χ0n) is 11.6. The monoisotopic (exact) mass is 271 g/mol. The molecule has 2 nitrogen and oxygen atoms in total. The highest BCUT2D eigenvalue weighted by Crippen LogP contribution is 2.20. The Balaban J connectivity index is 1.92. The van der Waals surface area contributed by atoms with E-state index in [0.29, 0.717) is 0 Å². The Hall–Kier alpha value is -2.74. The van der Waals surface area contributed by atoms with Crippen molar-refractivity contribution in [3.63, 3.8) is 0 Å². The van der Waals surface area contributed by atoms with E-state index in [9.17, 15) is 0 Å². The molecule has 0 radical (unpaired) electrons. The summed E-state index contributed by atoms with van der Waals surface area (Å²) in [6, 6.07) is 23.2. The molecule has 0 spiro atoms. The number of aromatic nitrogens is 2. The first-order valence-corrected chi connectivity index (χ1v) is 7.12. The molecule has 0 aliphatic carbocycles. The van der Waals surface area contributed by atoms with Crippen molar-refractivity contribution in [2.24, 2.45) is 0 Å². The van der Waals surface area contributed by atoms with Gasteiger partial charge in [-0.3, -0.25) is 4.98 Å². The lowest BCUT2D eigenvalue weighted by Crippen LogP contribution is -2.34. The molecule has 100 valence electrons. The fraction of sp³-hybridized carbons (Fsp3) is 0.0526. The second kappa shape index (κ2) is 4.98. The zero-order valence-corrected chi connectivity index (χ0v) is 11.6. The fourth-order valence-corrected chi connectivity index (χ4v) is 2.81. The minimum atomic E-state index is 0.872. The molecule has 2 aromatic carbocycles. The second-order valence-corrected chi connectivity index (χ2v) is 5.20. The molecule has 0 saturated carbocycles. The number of hydrogen-bond donors (Lipinski definition) is 0. The van der Waals surface area contributed by atoms with Crippen LogP contribution in [0.25, 0.3) is 21.8 Å². The van der Waals surface area contributed by atoms with Crippen molar-refractivity contribution in [3.05, 3.63) is 84.7 Å². The smallest absolute Gasteiger partial charge is 0.215 e. The van der Waals surface area contributed by atoms with Crippen LogP contribution >= 0.6 is 0 Å². The minimum absolute atomic E-state index is 0.872. The summed E-state index contributed by atoms with van der Waals surface area (Å²) in [7, 11) is 0. The van der Waals surface area contributed by atoms with Crippen LogP contribution in [0.4, 0.5) is 0 Å². The van der Waals surface area contributed by atoms with Crippen LogP contribution in [0.5, 0.6) is 0 Å². The van der Waals surface area contributed by atoms with Gasteiger partial charge in [0.15, 0.2) is 12.7 Å². The van der Waals surface area contributed by atoms with Crippen LogP contribution < -0.4 is 4.57 Å². The number of nitrogens with zero attached hydrogens (tertiary/aromatic N) is 2. The van der Waals surface area contributed by atoms with Gasteiger partial charge in [0.2, 0.25) is 5.52 Å². The molecule has 2 heterocycles. The SMILES string of the molecule is c1ccc(C[n+]2cccc3c4ncccc4ccc32)cc1. The Morgan fingerprint density at radius 3 is 2.62 bits per heavy atom. The molecule has 0 saturated heterocycles. The van der Waals surface area contributed by atoms with Crippen LogP contribution in [-0.2, 0) is 6.54 Å². The lowest BCUT2D eigenvalue weighted by Gasteiger charge is -2.04. The highest BCUT2D eigenvalue weighted by atomic mass is 14.9. The Morgan fingerprint density at radius 1 is 0.810 bits per heavy atom. The predicted octanol–water partition coefficient (Wildman–Crippen LogP) is 3.72. The molecule has 4 rings (SSSR count). The van der Waals surface area contributed by atoms with E-state index in [-0.39, 0.29) is 0 Å². The summed E-state index contributed by atoms with van der Waals surface area (Å²) in [5.41, 5.74) is 3.58. The summed E-state index contributed by atoms with van der Waals surface area (Å²) < 4.78 is 2.28. The average molecular weight is 271 g/mol. The summed E-state index contributed by atoms with van der Waals surface area (Å²) in [6.45, 7) is 0.872. The van der Waals surface area contributed by atoms with E-state index in [0.717, 1.165) is 12.1 Å². The molecule has 2 aromatic heterocycles. The van der Waals surface area contributed by atoms with Gasteiger partial charge in [-0.05, 0) is 18.2 Å². The Morgan fingerprint density at radius 2 is 1.71 bits per heavy atom. The molecule has 0 N–H and O–H groups in total. The van der Waals surface area contributed by atoms with Gasteiger partial charge in [0.25, 0.3) is 0 Å². The summed E-state index contributed by atoms with van der Waals surface area (Å²) in [4.78, 5) is 4.54. The highest BCUT2D eigenvalue weighted by Gasteiger charge is 2.11. The molecule has 0 aliphatic heterocycles. The molecular weight excluding hydrogens is 256 g/mol. The van der Waals surface area contributed by atoms with E-state index in [2.05, 4.69) is 76.4 Å². The normalized spacial score (nSPS) is 11.0. The van der Waals surface area contributed by atoms with Crippen LogP contribution in [0.1, 0.15) is 5.56 Å². The minimum Gasteiger partial charge on any atom is -0.255 e. The third kappa shape index (κ3) is 2.15. The van der Waals surface area contributed by atoms with E-state index in [1.807, 2.05) is 12.3 Å². The Bertz CT molecular complexity index is 914. The van der Waals surface area contributed by atoms with Gasteiger partial charge < -0.3 is 0 Å². The largest absolute Gasteiger partial charge is 0.255 e. The van der Waals surface area contributed by atoms with E-state index in [1.165, 1.54) is 21.9 Å². The maximum Gasteiger partial charge on any atom is 0.215 e. The van der Waals surface area contributed by atoms with Crippen molar-refractivity contribution in [1.29, 1.82) is 0 Å². The van der Waals surface area contributed by atoms with Crippen LogP contribution in [0.3, 0.4) is 0 Å². The standard InChI is InChI=1S/C19H15N2/c1-2-6-15(7-3-1)14-21-13-5-9-17-18(21)11-10-16-8-4-12-20-19(16)17/h1-13H,14H2/q+1. The molecule has 0 atom stereocenters. The van der Waals surface area contributed by atoms with Gasteiger partial charge in [-0.15, -0.1) is 0 Å². The van der Waals surface area contributed by atoms with Crippen molar-refractivity contribution in [3.8, 4) is 0 Å². The number of benzene rings is 2. The fourth-order valence-electron chi connectivity index (χ4n) is 2.81. The van der Waals surface area contributed by atoms with Crippen LogP contribution in [0.15, 0.2) is 79.1 Å². The van der Waals surface area contributed by atoms with E-state index >= 15 is 0 Å².